The predicted octanol–water partition coefficient (Wildman–Crippen LogP) is 4.03. The van der Waals surface area contributed by atoms with Crippen molar-refractivity contribution in [2.24, 2.45) is 0 Å². The first-order valence-electron chi connectivity index (χ1n) is 12.9. The maximum atomic E-state index is 13.6. The number of hydroxylamine groups is 2. The van der Waals surface area contributed by atoms with E-state index in [2.05, 4.69) is 11.0 Å². The number of nitrogens with zero attached hydrogens (tertiary/aromatic N) is 2. The quantitative estimate of drug-likeness (QED) is 0.400. The summed E-state index contributed by atoms with van der Waals surface area (Å²) in [4.78, 5) is 16.2. The third-order valence-electron chi connectivity index (χ3n) is 7.45. The lowest BCUT2D eigenvalue weighted by atomic mass is 9.91. The molecule has 0 spiro atoms. The van der Waals surface area contributed by atoms with Crippen molar-refractivity contribution in [2.75, 3.05) is 32.1 Å². The van der Waals surface area contributed by atoms with Gasteiger partial charge in [0.2, 0.25) is 0 Å². The van der Waals surface area contributed by atoms with E-state index in [1.54, 1.807) is 36.4 Å². The Bertz CT molecular complexity index is 1530. The number of ketones is 1. The molecule has 0 amide bonds. The number of rotatable bonds is 6. The molecule has 0 aromatic heterocycles. The highest BCUT2D eigenvalue weighted by molar-refractivity contribution is 7.91. The van der Waals surface area contributed by atoms with Crippen molar-refractivity contribution in [3.63, 3.8) is 0 Å². The highest BCUT2D eigenvalue weighted by Crippen LogP contribution is 2.39. The fraction of sp³-hybridized carbons (Fsp3) is 0.367. The van der Waals surface area contributed by atoms with Gasteiger partial charge in [0, 0.05) is 43.3 Å². The number of sulfone groups is 2. The minimum absolute atomic E-state index is 0.126. The number of carbonyl (C=O) groups excluding carboxylic acids is 1. The van der Waals surface area contributed by atoms with Gasteiger partial charge in [-0.05, 0) is 80.8 Å². The van der Waals surface area contributed by atoms with Crippen LogP contribution in [-0.2, 0) is 24.5 Å². The minimum atomic E-state index is -3.34. The molecule has 1 N–H and O–H groups in total. The molecule has 8 nitrogen and oxygen atoms in total. The molecule has 2 aromatic carbocycles. The van der Waals surface area contributed by atoms with E-state index in [4.69, 9.17) is 0 Å². The fourth-order valence-electron chi connectivity index (χ4n) is 5.25. The lowest BCUT2D eigenvalue weighted by Gasteiger charge is -2.38. The largest absolute Gasteiger partial charge is 0.312 e. The summed E-state index contributed by atoms with van der Waals surface area (Å²) in [5, 5.41) is 12.1. The first kappa shape index (κ1) is 30.1. The third-order valence-corrected chi connectivity index (χ3v) is 9.71. The standard InChI is InChI=1S/C30H36N2O6S2/c1-29(2)17-25(30(3,4)32(29)34)20-31-18-23(15-21-7-11-26(12-8-21)39(5,35)36)28(33)24(19-31)16-22-9-13-27(14-10-22)40(6,37)38/h7-17,34H,18-20H2,1-6H3/b23-15+,24-16+. The van der Waals surface area contributed by atoms with Crippen LogP contribution in [0.1, 0.15) is 38.8 Å². The molecule has 4 rings (SSSR count). The normalized spacial score (nSPS) is 22.2. The van der Waals surface area contributed by atoms with E-state index < -0.39 is 30.8 Å². The maximum absolute atomic E-state index is 13.6. The summed E-state index contributed by atoms with van der Waals surface area (Å²) in [7, 11) is -6.68. The summed E-state index contributed by atoms with van der Waals surface area (Å²) in [6.45, 7) is 9.07. The van der Waals surface area contributed by atoms with Crippen molar-refractivity contribution < 1.29 is 26.8 Å². The second-order valence-corrected chi connectivity index (χ2v) is 15.7. The zero-order valence-corrected chi connectivity index (χ0v) is 25.3. The lowest BCUT2D eigenvalue weighted by molar-refractivity contribution is -0.185. The van der Waals surface area contributed by atoms with Crippen LogP contribution in [0.4, 0.5) is 0 Å². The number of likely N-dealkylation sites (tertiary alicyclic amines) is 1. The van der Waals surface area contributed by atoms with Crippen LogP contribution in [0.15, 0.2) is 81.1 Å². The van der Waals surface area contributed by atoms with Crippen LogP contribution in [0, 0.1) is 0 Å². The second-order valence-electron chi connectivity index (χ2n) is 11.7. The Morgan fingerprint density at radius 1 is 0.775 bits per heavy atom. The maximum Gasteiger partial charge on any atom is 0.187 e. The van der Waals surface area contributed by atoms with Gasteiger partial charge >= 0.3 is 0 Å². The molecule has 0 radical (unpaired) electrons. The zero-order valence-electron chi connectivity index (χ0n) is 23.7. The van der Waals surface area contributed by atoms with Crippen LogP contribution in [-0.4, -0.2) is 81.0 Å². The smallest absolute Gasteiger partial charge is 0.187 e. The van der Waals surface area contributed by atoms with Gasteiger partial charge in [0.05, 0.1) is 20.9 Å². The number of benzene rings is 2. The highest BCUT2D eigenvalue weighted by atomic mass is 32.2. The topological polar surface area (TPSA) is 112 Å². The zero-order chi connectivity index (χ0) is 29.7. The first-order chi connectivity index (χ1) is 18.4. The molecular formula is C30H36N2O6S2. The Hall–Kier alpha value is -2.89. The van der Waals surface area contributed by atoms with Crippen molar-refractivity contribution in [1.82, 2.24) is 9.96 Å². The summed E-state index contributed by atoms with van der Waals surface area (Å²) in [5.41, 5.74) is 2.41. The number of carbonyl (C=O) groups is 1. The molecule has 10 heteroatoms. The Kier molecular flexibility index (Phi) is 7.90. The molecule has 0 aliphatic carbocycles. The van der Waals surface area contributed by atoms with E-state index in [1.807, 2.05) is 27.7 Å². The molecule has 0 saturated carbocycles. The monoisotopic (exact) mass is 584 g/mol. The fourth-order valence-corrected chi connectivity index (χ4v) is 6.51. The van der Waals surface area contributed by atoms with Crippen LogP contribution >= 0.6 is 0 Å². The van der Waals surface area contributed by atoms with Crippen molar-refractivity contribution in [3.8, 4) is 0 Å². The molecule has 1 fully saturated rings. The number of piperidine rings is 1. The van der Waals surface area contributed by atoms with Crippen LogP contribution in [0.25, 0.3) is 12.2 Å². The van der Waals surface area contributed by atoms with Crippen molar-refractivity contribution >= 4 is 37.6 Å². The number of Topliss-reactive ketones (excluding diaryl/α,β-unsaturated/α-hetero) is 1. The molecule has 2 aromatic rings. The van der Waals surface area contributed by atoms with Gasteiger partial charge in [-0.2, -0.15) is 5.06 Å². The summed E-state index contributed by atoms with van der Waals surface area (Å²) >= 11 is 0. The average Bonchev–Trinajstić information content (AvgIpc) is 3.00. The van der Waals surface area contributed by atoms with Crippen molar-refractivity contribution in [1.29, 1.82) is 0 Å². The van der Waals surface area contributed by atoms with Crippen LogP contribution < -0.4 is 0 Å². The van der Waals surface area contributed by atoms with Crippen LogP contribution in [0.5, 0.6) is 0 Å². The molecule has 40 heavy (non-hydrogen) atoms. The summed E-state index contributed by atoms with van der Waals surface area (Å²) in [6.07, 6.45) is 7.91. The third kappa shape index (κ3) is 6.37. The molecule has 0 bridgehead atoms. The van der Waals surface area contributed by atoms with Gasteiger partial charge < -0.3 is 5.21 Å². The Labute approximate surface area is 237 Å². The predicted molar refractivity (Wildman–Crippen MR) is 156 cm³/mol. The molecule has 2 heterocycles. The first-order valence-corrected chi connectivity index (χ1v) is 16.7. The van der Waals surface area contributed by atoms with Crippen LogP contribution in [0.2, 0.25) is 0 Å². The summed E-state index contributed by atoms with van der Waals surface area (Å²) in [5.74, 6) is -0.126. The SMILES string of the molecule is CC1(C)C=C(CN2C/C(=C\c3ccc(S(C)(=O)=O)cc3)C(=O)/C(=C/c3ccc(S(C)(=O)=O)cc3)C2)C(C)(C)N1O. The Morgan fingerprint density at radius 2 is 1.18 bits per heavy atom. The molecule has 2 aliphatic heterocycles. The molecular weight excluding hydrogens is 548 g/mol. The van der Waals surface area contributed by atoms with Gasteiger partial charge in [0.15, 0.2) is 25.5 Å². The van der Waals surface area contributed by atoms with E-state index in [0.29, 0.717) is 41.9 Å². The van der Waals surface area contributed by atoms with E-state index in [-0.39, 0.29) is 15.6 Å². The van der Waals surface area contributed by atoms with E-state index in [9.17, 15) is 26.8 Å². The molecule has 0 atom stereocenters. The van der Waals surface area contributed by atoms with Gasteiger partial charge in [-0.1, -0.05) is 30.3 Å². The molecule has 0 unspecified atom stereocenters. The van der Waals surface area contributed by atoms with Gasteiger partial charge in [0.1, 0.15) is 0 Å². The number of hydrogen-bond donors (Lipinski definition) is 1. The average molecular weight is 585 g/mol. The van der Waals surface area contributed by atoms with Gasteiger partial charge in [0.25, 0.3) is 0 Å². The Balaban J connectivity index is 1.71. The highest BCUT2D eigenvalue weighted by Gasteiger charge is 2.45. The summed E-state index contributed by atoms with van der Waals surface area (Å²) < 4.78 is 47.5. The van der Waals surface area contributed by atoms with Crippen LogP contribution in [0.3, 0.4) is 0 Å². The van der Waals surface area contributed by atoms with E-state index in [1.165, 1.54) is 29.3 Å². The minimum Gasteiger partial charge on any atom is -0.312 e. The van der Waals surface area contributed by atoms with Gasteiger partial charge in [-0.3, -0.25) is 9.69 Å². The molecule has 214 valence electrons. The van der Waals surface area contributed by atoms with Crippen molar-refractivity contribution in [2.45, 2.75) is 48.6 Å². The van der Waals surface area contributed by atoms with Gasteiger partial charge in [-0.15, -0.1) is 0 Å². The molecule has 1 saturated heterocycles. The van der Waals surface area contributed by atoms with Crippen molar-refractivity contribution in [3.05, 3.63) is 82.5 Å². The van der Waals surface area contributed by atoms with E-state index >= 15 is 0 Å². The van der Waals surface area contributed by atoms with Gasteiger partial charge in [-0.25, -0.2) is 16.8 Å². The summed E-state index contributed by atoms with van der Waals surface area (Å²) in [6, 6.07) is 12.8. The number of hydrogen-bond acceptors (Lipinski definition) is 8. The second kappa shape index (κ2) is 10.5. The van der Waals surface area contributed by atoms with E-state index in [0.717, 1.165) is 18.1 Å². The lowest BCUT2D eigenvalue weighted by Crippen LogP contribution is -2.49. The Morgan fingerprint density at radius 3 is 1.50 bits per heavy atom. The molecule has 2 aliphatic rings.